The van der Waals surface area contributed by atoms with Crippen molar-refractivity contribution in [2.75, 3.05) is 19.6 Å². The Morgan fingerprint density at radius 3 is 2.62 bits per heavy atom. The Morgan fingerprint density at radius 2 is 2.00 bits per heavy atom. The molecule has 0 bridgehead atoms. The number of rotatable bonds is 4. The molecule has 0 aromatic heterocycles. The maximum atomic E-state index is 11.9. The predicted octanol–water partition coefficient (Wildman–Crippen LogP) is 3.11. The lowest BCUT2D eigenvalue weighted by molar-refractivity contribution is -0.123. The van der Waals surface area contributed by atoms with Crippen LogP contribution in [0.25, 0.3) is 0 Å². The second-order valence-electron chi connectivity index (χ2n) is 6.07. The van der Waals surface area contributed by atoms with Crippen LogP contribution in [0.4, 0.5) is 0 Å². The Hall–Kier alpha value is -0.370. The molecule has 1 heterocycles. The number of carbonyl (C=O) groups is 1. The molecular weight excluding hydrogens is 198 g/mol. The lowest BCUT2D eigenvalue weighted by Gasteiger charge is -2.23. The number of nitrogens with zero attached hydrogens (tertiary/aromatic N) is 1. The third-order valence-electron chi connectivity index (χ3n) is 3.97. The van der Waals surface area contributed by atoms with Gasteiger partial charge in [-0.15, -0.1) is 0 Å². The minimum atomic E-state index is 0.233. The van der Waals surface area contributed by atoms with Crippen molar-refractivity contribution >= 4 is 5.78 Å². The Labute approximate surface area is 100 Å². The van der Waals surface area contributed by atoms with E-state index >= 15 is 0 Å². The van der Waals surface area contributed by atoms with Gasteiger partial charge in [0.05, 0.1) is 6.54 Å². The van der Waals surface area contributed by atoms with Crippen molar-refractivity contribution in [1.82, 2.24) is 4.90 Å². The number of hydrogen-bond acceptors (Lipinski definition) is 2. The van der Waals surface area contributed by atoms with Crippen LogP contribution in [0.2, 0.25) is 0 Å². The highest BCUT2D eigenvalue weighted by Gasteiger charge is 2.24. The lowest BCUT2D eigenvalue weighted by atomic mass is 9.85. The first kappa shape index (κ1) is 13.7. The molecule has 1 aliphatic heterocycles. The first-order valence-corrected chi connectivity index (χ1v) is 6.69. The monoisotopic (exact) mass is 225 g/mol. The highest BCUT2D eigenvalue weighted by molar-refractivity contribution is 5.82. The summed E-state index contributed by atoms with van der Waals surface area (Å²) in [6.45, 7) is 11.7. The van der Waals surface area contributed by atoms with E-state index in [1.54, 1.807) is 0 Å². The van der Waals surface area contributed by atoms with Gasteiger partial charge in [0.1, 0.15) is 5.78 Å². The molecule has 2 heteroatoms. The predicted molar refractivity (Wildman–Crippen MR) is 68.5 cm³/mol. The minimum absolute atomic E-state index is 0.233. The molecular formula is C14H27NO. The minimum Gasteiger partial charge on any atom is -0.298 e. The van der Waals surface area contributed by atoms with Gasteiger partial charge in [-0.05, 0) is 44.2 Å². The number of likely N-dealkylation sites (tertiary alicyclic amines) is 1. The van der Waals surface area contributed by atoms with Gasteiger partial charge >= 0.3 is 0 Å². The van der Waals surface area contributed by atoms with Crippen molar-refractivity contribution in [3.63, 3.8) is 0 Å². The maximum Gasteiger partial charge on any atom is 0.149 e. The van der Waals surface area contributed by atoms with E-state index in [1.165, 1.54) is 19.3 Å². The molecule has 1 saturated heterocycles. The quantitative estimate of drug-likeness (QED) is 0.732. The van der Waals surface area contributed by atoms with Gasteiger partial charge in [-0.1, -0.05) is 27.7 Å². The average molecular weight is 225 g/mol. The molecule has 0 aromatic rings. The third-order valence-corrected chi connectivity index (χ3v) is 3.97. The summed E-state index contributed by atoms with van der Waals surface area (Å²) in [6, 6.07) is 0. The summed E-state index contributed by atoms with van der Waals surface area (Å²) in [6.07, 6.45) is 4.72. The van der Waals surface area contributed by atoms with E-state index in [-0.39, 0.29) is 5.92 Å². The summed E-state index contributed by atoms with van der Waals surface area (Å²) in [5, 5.41) is 0. The summed E-state index contributed by atoms with van der Waals surface area (Å²) >= 11 is 0. The Balaban J connectivity index is 2.41. The number of ketones is 1. The largest absolute Gasteiger partial charge is 0.298 e. The first-order chi connectivity index (χ1) is 7.44. The second kappa shape index (κ2) is 5.81. The number of carbonyl (C=O) groups excluding carboxylic acids is 1. The second-order valence-corrected chi connectivity index (χ2v) is 6.07. The fourth-order valence-corrected chi connectivity index (χ4v) is 2.24. The van der Waals surface area contributed by atoms with Crippen molar-refractivity contribution in [3.05, 3.63) is 0 Å². The maximum absolute atomic E-state index is 11.9. The van der Waals surface area contributed by atoms with E-state index < -0.39 is 0 Å². The molecule has 94 valence electrons. The van der Waals surface area contributed by atoms with E-state index in [0.717, 1.165) is 19.5 Å². The van der Waals surface area contributed by atoms with Gasteiger partial charge in [-0.3, -0.25) is 9.69 Å². The van der Waals surface area contributed by atoms with Crippen LogP contribution >= 0.6 is 0 Å². The highest BCUT2D eigenvalue weighted by Crippen LogP contribution is 2.29. The van der Waals surface area contributed by atoms with Crippen molar-refractivity contribution < 1.29 is 4.79 Å². The zero-order valence-corrected chi connectivity index (χ0v) is 11.4. The molecule has 1 atom stereocenters. The van der Waals surface area contributed by atoms with Crippen LogP contribution in [0, 0.1) is 11.3 Å². The van der Waals surface area contributed by atoms with Crippen LogP contribution in [0.5, 0.6) is 0 Å². The summed E-state index contributed by atoms with van der Waals surface area (Å²) in [7, 11) is 0. The Bertz CT molecular complexity index is 235. The molecule has 1 rings (SSSR count). The van der Waals surface area contributed by atoms with Gasteiger partial charge < -0.3 is 0 Å². The standard InChI is InChI=1S/C14H27NO/c1-5-12(2)13(16)11-15-9-6-7-14(3,4)8-10-15/h12H,5-11H2,1-4H3. The Morgan fingerprint density at radius 1 is 1.31 bits per heavy atom. The SMILES string of the molecule is CCC(C)C(=O)CN1CCCC(C)(C)CC1. The fraction of sp³-hybridized carbons (Fsp3) is 0.929. The van der Waals surface area contributed by atoms with Gasteiger partial charge in [-0.25, -0.2) is 0 Å². The molecule has 0 radical (unpaired) electrons. The molecule has 16 heavy (non-hydrogen) atoms. The van der Waals surface area contributed by atoms with Crippen molar-refractivity contribution in [2.45, 2.75) is 53.4 Å². The fourth-order valence-electron chi connectivity index (χ4n) is 2.24. The highest BCUT2D eigenvalue weighted by atomic mass is 16.1. The average Bonchev–Trinajstić information content (AvgIpc) is 2.39. The van der Waals surface area contributed by atoms with Crippen LogP contribution in [-0.4, -0.2) is 30.3 Å². The summed E-state index contributed by atoms with van der Waals surface area (Å²) in [5.41, 5.74) is 0.466. The van der Waals surface area contributed by atoms with E-state index in [4.69, 9.17) is 0 Å². The van der Waals surface area contributed by atoms with E-state index in [0.29, 0.717) is 17.7 Å². The number of Topliss-reactive ketones (excluding diaryl/α,β-unsaturated/α-hetero) is 1. The Kier molecular flexibility index (Phi) is 4.97. The zero-order chi connectivity index (χ0) is 12.2. The van der Waals surface area contributed by atoms with Crippen LogP contribution in [0.3, 0.4) is 0 Å². The first-order valence-electron chi connectivity index (χ1n) is 6.69. The third kappa shape index (κ3) is 4.25. The van der Waals surface area contributed by atoms with Crippen LogP contribution < -0.4 is 0 Å². The topological polar surface area (TPSA) is 20.3 Å². The molecule has 2 nitrogen and oxygen atoms in total. The smallest absolute Gasteiger partial charge is 0.149 e. The van der Waals surface area contributed by atoms with Gasteiger partial charge in [-0.2, -0.15) is 0 Å². The lowest BCUT2D eigenvalue weighted by Crippen LogP contribution is -2.33. The molecule has 0 aliphatic carbocycles. The molecule has 1 fully saturated rings. The van der Waals surface area contributed by atoms with Crippen molar-refractivity contribution in [3.8, 4) is 0 Å². The molecule has 0 saturated carbocycles. The van der Waals surface area contributed by atoms with Crippen LogP contribution in [-0.2, 0) is 4.79 Å². The van der Waals surface area contributed by atoms with Gasteiger partial charge in [0.25, 0.3) is 0 Å². The van der Waals surface area contributed by atoms with Crippen molar-refractivity contribution in [2.24, 2.45) is 11.3 Å². The molecule has 0 spiro atoms. The van der Waals surface area contributed by atoms with Gasteiger partial charge in [0.2, 0.25) is 0 Å². The summed E-state index contributed by atoms with van der Waals surface area (Å²) < 4.78 is 0. The molecule has 1 unspecified atom stereocenters. The molecule has 1 aliphatic rings. The summed E-state index contributed by atoms with van der Waals surface area (Å²) in [5.74, 6) is 0.651. The van der Waals surface area contributed by atoms with Crippen LogP contribution in [0.15, 0.2) is 0 Å². The van der Waals surface area contributed by atoms with E-state index in [1.807, 2.05) is 6.92 Å². The van der Waals surface area contributed by atoms with Crippen LogP contribution in [0.1, 0.15) is 53.4 Å². The van der Waals surface area contributed by atoms with E-state index in [9.17, 15) is 4.79 Å². The van der Waals surface area contributed by atoms with Gasteiger partial charge in [0.15, 0.2) is 0 Å². The number of hydrogen-bond donors (Lipinski definition) is 0. The molecule has 0 N–H and O–H groups in total. The molecule has 0 aromatic carbocycles. The normalized spacial score (nSPS) is 23.8. The van der Waals surface area contributed by atoms with Crippen molar-refractivity contribution in [1.29, 1.82) is 0 Å². The van der Waals surface area contributed by atoms with E-state index in [2.05, 4.69) is 25.7 Å². The molecule has 0 amide bonds. The van der Waals surface area contributed by atoms with Gasteiger partial charge in [0, 0.05) is 5.92 Å². The summed E-state index contributed by atoms with van der Waals surface area (Å²) in [4.78, 5) is 14.2. The zero-order valence-electron chi connectivity index (χ0n) is 11.4.